The van der Waals surface area contributed by atoms with Crippen LogP contribution in [0.3, 0.4) is 0 Å². The predicted molar refractivity (Wildman–Crippen MR) is 102 cm³/mol. The van der Waals surface area contributed by atoms with E-state index in [1.54, 1.807) is 24.3 Å². The zero-order valence-electron chi connectivity index (χ0n) is 16.7. The maximum absolute atomic E-state index is 13.0. The number of halogens is 6. The number of hydrogen-bond donors (Lipinski definition) is 1. The van der Waals surface area contributed by atoms with Crippen LogP contribution < -0.4 is 10.1 Å². The molecule has 172 valence electrons. The molecule has 1 atom stereocenters. The number of methoxy groups -OCH3 is 1. The number of likely N-dealkylation sites (tertiary alicyclic amines) is 1. The molecule has 1 unspecified atom stereocenters. The highest BCUT2D eigenvalue weighted by atomic mass is 19.4. The van der Waals surface area contributed by atoms with Crippen molar-refractivity contribution < 1.29 is 40.7 Å². The van der Waals surface area contributed by atoms with Crippen LogP contribution in [0.25, 0.3) is 0 Å². The van der Waals surface area contributed by atoms with E-state index >= 15 is 0 Å². The fraction of sp³-hybridized carbons (Fsp3) is 0.333. The zero-order valence-corrected chi connectivity index (χ0v) is 16.7. The third kappa shape index (κ3) is 5.51. The van der Waals surface area contributed by atoms with Crippen LogP contribution in [0.2, 0.25) is 0 Å². The Morgan fingerprint density at radius 1 is 1.03 bits per heavy atom. The number of alkyl halides is 6. The highest BCUT2D eigenvalue weighted by Gasteiger charge is 2.38. The second-order valence-electron chi connectivity index (χ2n) is 7.31. The van der Waals surface area contributed by atoms with Crippen LogP contribution in [0.4, 0.5) is 32.0 Å². The highest BCUT2D eigenvalue weighted by Crippen LogP contribution is 2.37. The maximum atomic E-state index is 13.0. The minimum atomic E-state index is -4.98. The Kier molecular flexibility index (Phi) is 6.38. The van der Waals surface area contributed by atoms with Gasteiger partial charge in [-0.2, -0.15) is 26.3 Å². The van der Waals surface area contributed by atoms with E-state index in [4.69, 9.17) is 4.74 Å². The monoisotopic (exact) mass is 460 g/mol. The average molecular weight is 460 g/mol. The summed E-state index contributed by atoms with van der Waals surface area (Å²) >= 11 is 0. The normalized spacial score (nSPS) is 16.9. The Labute approximate surface area is 179 Å². The minimum absolute atomic E-state index is 0.0282. The van der Waals surface area contributed by atoms with Crippen LogP contribution in [-0.2, 0) is 28.5 Å². The Bertz CT molecular complexity index is 970. The number of benzene rings is 2. The van der Waals surface area contributed by atoms with E-state index in [9.17, 15) is 35.9 Å². The van der Waals surface area contributed by atoms with Crippen molar-refractivity contribution in [1.29, 1.82) is 0 Å². The summed E-state index contributed by atoms with van der Waals surface area (Å²) in [5, 5.41) is 2.63. The molecule has 3 rings (SSSR count). The Balaban J connectivity index is 1.73. The van der Waals surface area contributed by atoms with Gasteiger partial charge < -0.3 is 15.0 Å². The molecule has 1 N–H and O–H groups in total. The summed E-state index contributed by atoms with van der Waals surface area (Å²) in [6.07, 6.45) is -10.2. The summed E-state index contributed by atoms with van der Waals surface area (Å²) in [4.78, 5) is 25.8. The lowest BCUT2D eigenvalue weighted by Gasteiger charge is -2.19. The quantitative estimate of drug-likeness (QED) is 0.657. The van der Waals surface area contributed by atoms with Crippen LogP contribution in [0.5, 0.6) is 5.75 Å². The standard InChI is InChI=1S/C21H18F6N2O3/c1-32-17-4-2-16(3-5-17)28-19(31)13-8-18(30)29(11-13)10-12-6-14(20(22,23)24)9-15(7-12)21(25,26)27/h2-7,9,13H,8,10-11H2,1H3,(H,28,31). The van der Waals surface area contributed by atoms with Crippen molar-refractivity contribution in [3.05, 3.63) is 59.2 Å². The maximum Gasteiger partial charge on any atom is 0.416 e. The molecule has 2 amide bonds. The lowest BCUT2D eigenvalue weighted by atomic mass is 10.0. The van der Waals surface area contributed by atoms with E-state index in [-0.39, 0.29) is 24.6 Å². The Hall–Kier alpha value is -3.24. The SMILES string of the molecule is COc1ccc(NC(=O)C2CC(=O)N(Cc3cc(C(F)(F)F)cc(C(F)(F)F)c3)C2)cc1. The van der Waals surface area contributed by atoms with Gasteiger partial charge >= 0.3 is 12.4 Å². The Morgan fingerprint density at radius 2 is 1.59 bits per heavy atom. The molecule has 1 aliphatic rings. The number of hydrogen-bond acceptors (Lipinski definition) is 3. The predicted octanol–water partition coefficient (Wildman–Crippen LogP) is 4.72. The first-order chi connectivity index (χ1) is 14.9. The van der Waals surface area contributed by atoms with Crippen molar-refractivity contribution in [3.8, 4) is 5.75 Å². The molecule has 2 aromatic rings. The first-order valence-electron chi connectivity index (χ1n) is 9.38. The van der Waals surface area contributed by atoms with Crippen molar-refractivity contribution >= 4 is 17.5 Å². The fourth-order valence-corrected chi connectivity index (χ4v) is 3.35. The van der Waals surface area contributed by atoms with Crippen molar-refractivity contribution in [1.82, 2.24) is 4.90 Å². The molecule has 0 aliphatic carbocycles. The van der Waals surface area contributed by atoms with Crippen LogP contribution in [0.15, 0.2) is 42.5 Å². The van der Waals surface area contributed by atoms with Crippen molar-refractivity contribution in [2.75, 3.05) is 19.0 Å². The topological polar surface area (TPSA) is 58.6 Å². The summed E-state index contributed by atoms with van der Waals surface area (Å²) in [7, 11) is 1.48. The lowest BCUT2D eigenvalue weighted by molar-refractivity contribution is -0.143. The number of rotatable bonds is 5. The number of nitrogens with zero attached hydrogens (tertiary/aromatic N) is 1. The smallest absolute Gasteiger partial charge is 0.416 e. The van der Waals surface area contributed by atoms with Crippen LogP contribution in [0, 0.1) is 5.92 Å². The van der Waals surface area contributed by atoms with E-state index in [1.165, 1.54) is 7.11 Å². The van der Waals surface area contributed by atoms with Crippen molar-refractivity contribution in [3.63, 3.8) is 0 Å². The summed E-state index contributed by atoms with van der Waals surface area (Å²) < 4.78 is 83.3. The van der Waals surface area contributed by atoms with E-state index in [1.807, 2.05) is 0 Å². The van der Waals surface area contributed by atoms with Gasteiger partial charge in [-0.3, -0.25) is 9.59 Å². The molecule has 5 nitrogen and oxygen atoms in total. The molecule has 1 aliphatic heterocycles. The number of carbonyl (C=O) groups is 2. The van der Waals surface area contributed by atoms with Gasteiger partial charge in [0.25, 0.3) is 0 Å². The van der Waals surface area contributed by atoms with E-state index in [0.717, 1.165) is 4.90 Å². The second-order valence-corrected chi connectivity index (χ2v) is 7.31. The zero-order chi connectivity index (χ0) is 23.7. The van der Waals surface area contributed by atoms with Gasteiger partial charge in [-0.25, -0.2) is 0 Å². The third-order valence-corrected chi connectivity index (χ3v) is 4.96. The van der Waals surface area contributed by atoms with E-state index in [0.29, 0.717) is 23.6 Å². The van der Waals surface area contributed by atoms with Gasteiger partial charge in [-0.1, -0.05) is 0 Å². The molecule has 1 saturated heterocycles. The lowest BCUT2D eigenvalue weighted by Crippen LogP contribution is -2.28. The van der Waals surface area contributed by atoms with E-state index in [2.05, 4.69) is 5.32 Å². The number of ether oxygens (including phenoxy) is 1. The first kappa shape index (κ1) is 23.4. The van der Waals surface area contributed by atoms with Gasteiger partial charge in [0.05, 0.1) is 24.2 Å². The summed E-state index contributed by atoms with van der Waals surface area (Å²) in [6.45, 7) is -0.601. The average Bonchev–Trinajstić information content (AvgIpc) is 3.07. The molecule has 0 radical (unpaired) electrons. The fourth-order valence-electron chi connectivity index (χ4n) is 3.35. The van der Waals surface area contributed by atoms with Gasteiger partial charge in [0, 0.05) is 25.2 Å². The molecule has 1 fully saturated rings. The van der Waals surface area contributed by atoms with E-state index < -0.39 is 47.8 Å². The van der Waals surface area contributed by atoms with Gasteiger partial charge in [0.15, 0.2) is 0 Å². The van der Waals surface area contributed by atoms with Crippen LogP contribution >= 0.6 is 0 Å². The number of anilines is 1. The third-order valence-electron chi connectivity index (χ3n) is 4.96. The summed E-state index contributed by atoms with van der Waals surface area (Å²) in [5.74, 6) is -1.24. The molecule has 0 spiro atoms. The molecule has 32 heavy (non-hydrogen) atoms. The molecular formula is C21H18F6N2O3. The molecule has 2 aromatic carbocycles. The van der Waals surface area contributed by atoms with Crippen molar-refractivity contribution in [2.45, 2.75) is 25.3 Å². The summed E-state index contributed by atoms with van der Waals surface area (Å²) in [6, 6.07) is 7.60. The van der Waals surface area contributed by atoms with Gasteiger partial charge in [0.2, 0.25) is 11.8 Å². The summed E-state index contributed by atoms with van der Waals surface area (Å²) in [5.41, 5.74) is -2.78. The molecule has 1 heterocycles. The molecule has 0 saturated carbocycles. The second kappa shape index (κ2) is 8.71. The number of nitrogens with one attached hydrogen (secondary N) is 1. The Morgan fingerprint density at radius 3 is 2.09 bits per heavy atom. The van der Waals surface area contributed by atoms with Gasteiger partial charge in [-0.05, 0) is 48.0 Å². The highest BCUT2D eigenvalue weighted by molar-refractivity contribution is 5.97. The molecule has 0 bridgehead atoms. The van der Waals surface area contributed by atoms with Crippen LogP contribution in [-0.4, -0.2) is 30.4 Å². The van der Waals surface area contributed by atoms with Gasteiger partial charge in [0.1, 0.15) is 5.75 Å². The molecular weight excluding hydrogens is 442 g/mol. The van der Waals surface area contributed by atoms with Gasteiger partial charge in [-0.15, -0.1) is 0 Å². The number of amides is 2. The first-order valence-corrected chi connectivity index (χ1v) is 9.38. The van der Waals surface area contributed by atoms with Crippen molar-refractivity contribution in [2.24, 2.45) is 5.92 Å². The minimum Gasteiger partial charge on any atom is -0.497 e. The molecule has 11 heteroatoms. The largest absolute Gasteiger partial charge is 0.497 e. The molecule has 0 aromatic heterocycles. The van der Waals surface area contributed by atoms with Crippen LogP contribution in [0.1, 0.15) is 23.1 Å². The number of carbonyl (C=O) groups excluding carboxylic acids is 2.